The topological polar surface area (TPSA) is 65.5 Å². The maximum atomic E-state index is 5.96. The van der Waals surface area contributed by atoms with Crippen molar-refractivity contribution in [2.45, 2.75) is 10.4 Å². The summed E-state index contributed by atoms with van der Waals surface area (Å²) in [4.78, 5) is 0. The summed E-state index contributed by atoms with van der Waals surface area (Å²) in [6.45, 7) is 0.537. The molecule has 2 heterocycles. The van der Waals surface area contributed by atoms with E-state index >= 15 is 0 Å². The molecule has 8 heteroatoms. The number of hydrogen-bond donors (Lipinski definition) is 1. The van der Waals surface area contributed by atoms with Gasteiger partial charge in [0.2, 0.25) is 5.13 Å². The fourth-order valence-corrected chi connectivity index (χ4v) is 4.25. The van der Waals surface area contributed by atoms with Gasteiger partial charge in [0.1, 0.15) is 18.5 Å². The summed E-state index contributed by atoms with van der Waals surface area (Å²) < 4.78 is 17.9. The number of thioether (sulfide) groups is 1. The quantitative estimate of drug-likeness (QED) is 0.635. The predicted octanol–water partition coefficient (Wildman–Crippen LogP) is 4.22. The number of para-hydroxylation sites is 4. The van der Waals surface area contributed by atoms with Gasteiger partial charge in [0.15, 0.2) is 15.8 Å². The van der Waals surface area contributed by atoms with Crippen molar-refractivity contribution in [1.82, 2.24) is 10.2 Å². The van der Waals surface area contributed by atoms with E-state index in [2.05, 4.69) is 15.5 Å². The number of nitrogens with zero attached hydrogens (tertiary/aromatic N) is 2. The van der Waals surface area contributed by atoms with Crippen molar-refractivity contribution in [1.29, 1.82) is 0 Å². The number of benzene rings is 2. The van der Waals surface area contributed by atoms with E-state index in [1.807, 2.05) is 48.5 Å². The molecule has 1 aliphatic rings. The molecule has 0 fully saturated rings. The number of anilines is 2. The van der Waals surface area contributed by atoms with Crippen LogP contribution in [0.5, 0.6) is 17.2 Å². The van der Waals surface area contributed by atoms with Crippen LogP contribution in [0.15, 0.2) is 52.9 Å². The molecule has 6 nitrogen and oxygen atoms in total. The minimum absolute atomic E-state index is 0.00979. The average molecular weight is 387 g/mol. The van der Waals surface area contributed by atoms with Crippen LogP contribution >= 0.6 is 23.1 Å². The molecular weight excluding hydrogens is 370 g/mol. The number of rotatable bonds is 6. The number of nitrogens with one attached hydrogen (secondary N) is 1. The minimum atomic E-state index is -0.00979. The Balaban J connectivity index is 1.34. The van der Waals surface area contributed by atoms with Crippen molar-refractivity contribution in [3.63, 3.8) is 0 Å². The second kappa shape index (κ2) is 7.84. The van der Waals surface area contributed by atoms with Crippen LogP contribution in [-0.4, -0.2) is 35.8 Å². The van der Waals surface area contributed by atoms with Crippen LogP contribution in [0.25, 0.3) is 0 Å². The summed E-state index contributed by atoms with van der Waals surface area (Å²) in [6, 6.07) is 15.4. The van der Waals surface area contributed by atoms with Crippen LogP contribution in [0, 0.1) is 0 Å². The van der Waals surface area contributed by atoms with Gasteiger partial charge in [-0.15, -0.1) is 10.2 Å². The SMILES string of the molecule is COc1ccccc1Nc1nnc(SCC2COc3ccccc3O2)s1. The zero-order valence-electron chi connectivity index (χ0n) is 14.0. The highest BCUT2D eigenvalue weighted by Gasteiger charge is 2.21. The molecule has 1 atom stereocenters. The lowest BCUT2D eigenvalue weighted by molar-refractivity contribution is 0.107. The van der Waals surface area contributed by atoms with Crippen LogP contribution in [-0.2, 0) is 0 Å². The molecule has 0 spiro atoms. The largest absolute Gasteiger partial charge is 0.495 e. The van der Waals surface area contributed by atoms with Gasteiger partial charge in [-0.3, -0.25) is 0 Å². The summed E-state index contributed by atoms with van der Waals surface area (Å²) in [5.74, 6) is 3.11. The van der Waals surface area contributed by atoms with Crippen molar-refractivity contribution in [3.8, 4) is 17.2 Å². The molecule has 1 N–H and O–H groups in total. The molecule has 0 amide bonds. The molecule has 0 radical (unpaired) electrons. The highest BCUT2D eigenvalue weighted by atomic mass is 32.2. The maximum Gasteiger partial charge on any atom is 0.210 e. The lowest BCUT2D eigenvalue weighted by atomic mass is 10.3. The van der Waals surface area contributed by atoms with E-state index in [-0.39, 0.29) is 6.10 Å². The number of methoxy groups -OCH3 is 1. The van der Waals surface area contributed by atoms with Gasteiger partial charge in [0.05, 0.1) is 12.8 Å². The van der Waals surface area contributed by atoms with Crippen molar-refractivity contribution in [2.75, 3.05) is 24.8 Å². The van der Waals surface area contributed by atoms with Gasteiger partial charge in [0, 0.05) is 5.75 Å². The van der Waals surface area contributed by atoms with Crippen LogP contribution in [0.4, 0.5) is 10.8 Å². The highest BCUT2D eigenvalue weighted by molar-refractivity contribution is 8.01. The van der Waals surface area contributed by atoms with Gasteiger partial charge in [-0.05, 0) is 24.3 Å². The van der Waals surface area contributed by atoms with Gasteiger partial charge in [0.25, 0.3) is 0 Å². The van der Waals surface area contributed by atoms with Crippen molar-refractivity contribution in [3.05, 3.63) is 48.5 Å². The number of hydrogen-bond acceptors (Lipinski definition) is 8. The molecule has 134 valence electrons. The monoisotopic (exact) mass is 387 g/mol. The number of fused-ring (bicyclic) bond motifs is 1. The standard InChI is InChI=1S/C18H17N3O3S2/c1-22-14-7-3-2-6-13(14)19-17-20-21-18(26-17)25-11-12-10-23-15-8-4-5-9-16(15)24-12/h2-9,12H,10-11H2,1H3,(H,19,20). The third-order valence-corrected chi connectivity index (χ3v) is 5.82. The first kappa shape index (κ1) is 17.0. The van der Waals surface area contributed by atoms with Gasteiger partial charge in [-0.2, -0.15) is 0 Å². The lowest BCUT2D eigenvalue weighted by Crippen LogP contribution is -2.31. The normalized spacial score (nSPS) is 15.5. The van der Waals surface area contributed by atoms with Crippen LogP contribution in [0.3, 0.4) is 0 Å². The Bertz CT molecular complexity index is 887. The molecule has 0 saturated heterocycles. The minimum Gasteiger partial charge on any atom is -0.495 e. The molecule has 0 aliphatic carbocycles. The lowest BCUT2D eigenvalue weighted by Gasteiger charge is -2.25. The van der Waals surface area contributed by atoms with E-state index in [1.165, 1.54) is 11.3 Å². The van der Waals surface area contributed by atoms with E-state index in [9.17, 15) is 0 Å². The van der Waals surface area contributed by atoms with Gasteiger partial charge >= 0.3 is 0 Å². The van der Waals surface area contributed by atoms with E-state index in [1.54, 1.807) is 18.9 Å². The zero-order valence-corrected chi connectivity index (χ0v) is 15.7. The third kappa shape index (κ3) is 3.86. The molecule has 1 unspecified atom stereocenters. The molecular formula is C18H17N3O3S2. The van der Waals surface area contributed by atoms with E-state index in [0.29, 0.717) is 6.61 Å². The van der Waals surface area contributed by atoms with Crippen LogP contribution in [0.2, 0.25) is 0 Å². The Labute approximate surface area is 159 Å². The fraction of sp³-hybridized carbons (Fsp3) is 0.222. The molecule has 2 aromatic carbocycles. The first-order chi connectivity index (χ1) is 12.8. The summed E-state index contributed by atoms with van der Waals surface area (Å²) >= 11 is 3.11. The Morgan fingerprint density at radius 2 is 1.96 bits per heavy atom. The predicted molar refractivity (Wildman–Crippen MR) is 103 cm³/mol. The van der Waals surface area contributed by atoms with E-state index in [0.717, 1.165) is 38.2 Å². The summed E-state index contributed by atoms with van der Waals surface area (Å²) in [6.07, 6.45) is -0.00979. The summed E-state index contributed by atoms with van der Waals surface area (Å²) in [7, 11) is 1.65. The molecule has 0 bridgehead atoms. The Hall–Kier alpha value is -2.45. The Morgan fingerprint density at radius 3 is 2.85 bits per heavy atom. The van der Waals surface area contributed by atoms with Crippen LogP contribution < -0.4 is 19.5 Å². The number of ether oxygens (including phenoxy) is 3. The fourth-order valence-electron chi connectivity index (χ4n) is 2.49. The van der Waals surface area contributed by atoms with Gasteiger partial charge < -0.3 is 19.5 Å². The van der Waals surface area contributed by atoms with E-state index < -0.39 is 0 Å². The second-order valence-corrected chi connectivity index (χ2v) is 7.75. The average Bonchev–Trinajstić information content (AvgIpc) is 3.14. The second-order valence-electron chi connectivity index (χ2n) is 5.51. The van der Waals surface area contributed by atoms with Gasteiger partial charge in [-0.25, -0.2) is 0 Å². The molecule has 3 aromatic rings. The Kier molecular flexibility index (Phi) is 5.12. The van der Waals surface area contributed by atoms with Crippen LogP contribution in [0.1, 0.15) is 0 Å². The van der Waals surface area contributed by atoms with E-state index in [4.69, 9.17) is 14.2 Å². The molecule has 1 aliphatic heterocycles. The highest BCUT2D eigenvalue weighted by Crippen LogP contribution is 2.34. The molecule has 4 rings (SSSR count). The summed E-state index contributed by atoms with van der Waals surface area (Å²) in [5.41, 5.74) is 0.864. The molecule has 0 saturated carbocycles. The van der Waals surface area contributed by atoms with Crippen molar-refractivity contribution >= 4 is 33.9 Å². The first-order valence-corrected chi connectivity index (χ1v) is 9.87. The number of aromatic nitrogens is 2. The Morgan fingerprint density at radius 1 is 1.15 bits per heavy atom. The zero-order chi connectivity index (χ0) is 17.8. The first-order valence-electron chi connectivity index (χ1n) is 8.06. The van der Waals surface area contributed by atoms with Crippen molar-refractivity contribution in [2.24, 2.45) is 0 Å². The molecule has 1 aromatic heterocycles. The van der Waals surface area contributed by atoms with Gasteiger partial charge in [-0.1, -0.05) is 47.4 Å². The molecule has 26 heavy (non-hydrogen) atoms. The summed E-state index contributed by atoms with van der Waals surface area (Å²) in [5, 5.41) is 12.4. The maximum absolute atomic E-state index is 5.96. The third-order valence-electron chi connectivity index (χ3n) is 3.72. The van der Waals surface area contributed by atoms with Crippen molar-refractivity contribution < 1.29 is 14.2 Å². The smallest absolute Gasteiger partial charge is 0.210 e.